The third-order valence-electron chi connectivity index (χ3n) is 4.21. The highest BCUT2D eigenvalue weighted by Crippen LogP contribution is 2.20. The van der Waals surface area contributed by atoms with E-state index in [1.807, 2.05) is 48.5 Å². The van der Waals surface area contributed by atoms with E-state index in [0.29, 0.717) is 12.1 Å². The Balaban J connectivity index is 1.56. The first-order valence-corrected chi connectivity index (χ1v) is 8.02. The van der Waals surface area contributed by atoms with Crippen molar-refractivity contribution in [2.24, 2.45) is 0 Å². The molecule has 0 radical (unpaired) electrons. The number of methoxy groups -OCH3 is 1. The molecule has 0 unspecified atom stereocenters. The molecule has 3 rings (SSSR count). The third kappa shape index (κ3) is 3.83. The van der Waals surface area contributed by atoms with Crippen LogP contribution < -0.4 is 15.0 Å². The number of rotatable bonds is 5. The Morgan fingerprint density at radius 1 is 1.04 bits per heavy atom. The molecule has 1 amide bonds. The molecule has 0 aromatic heterocycles. The lowest BCUT2D eigenvalue weighted by Crippen LogP contribution is -2.23. The highest BCUT2D eigenvalue weighted by molar-refractivity contribution is 5.94. The van der Waals surface area contributed by atoms with Crippen molar-refractivity contribution in [3.8, 4) is 5.75 Å². The van der Waals surface area contributed by atoms with Gasteiger partial charge in [-0.1, -0.05) is 12.1 Å². The second-order valence-electron chi connectivity index (χ2n) is 5.77. The summed E-state index contributed by atoms with van der Waals surface area (Å²) in [4.78, 5) is 14.6. The minimum atomic E-state index is -0.0474. The Kier molecular flexibility index (Phi) is 4.81. The van der Waals surface area contributed by atoms with Gasteiger partial charge in [0.1, 0.15) is 5.75 Å². The Hall–Kier alpha value is -2.49. The van der Waals surface area contributed by atoms with Crippen LogP contribution in [0.15, 0.2) is 48.5 Å². The molecule has 2 aromatic rings. The maximum atomic E-state index is 12.2. The lowest BCUT2D eigenvalue weighted by Gasteiger charge is -2.17. The average Bonchev–Trinajstić information content (AvgIpc) is 3.15. The molecule has 0 spiro atoms. The molecule has 0 bridgehead atoms. The molecule has 0 atom stereocenters. The van der Waals surface area contributed by atoms with Crippen molar-refractivity contribution in [1.82, 2.24) is 5.32 Å². The summed E-state index contributed by atoms with van der Waals surface area (Å²) in [7, 11) is 1.64. The fourth-order valence-corrected chi connectivity index (χ4v) is 2.83. The number of ether oxygens (including phenoxy) is 1. The van der Waals surface area contributed by atoms with E-state index < -0.39 is 0 Å². The van der Waals surface area contributed by atoms with Crippen LogP contribution in [0.3, 0.4) is 0 Å². The van der Waals surface area contributed by atoms with Gasteiger partial charge in [-0.3, -0.25) is 4.79 Å². The van der Waals surface area contributed by atoms with Gasteiger partial charge in [0, 0.05) is 30.9 Å². The molecule has 4 nitrogen and oxygen atoms in total. The second-order valence-corrected chi connectivity index (χ2v) is 5.77. The summed E-state index contributed by atoms with van der Waals surface area (Å²) >= 11 is 0. The molecular weight excluding hydrogens is 288 g/mol. The van der Waals surface area contributed by atoms with Gasteiger partial charge in [-0.05, 0) is 54.8 Å². The van der Waals surface area contributed by atoms with Crippen LogP contribution in [0.1, 0.15) is 28.8 Å². The molecule has 1 fully saturated rings. The van der Waals surface area contributed by atoms with Crippen molar-refractivity contribution >= 4 is 11.6 Å². The molecule has 1 saturated heterocycles. The number of nitrogens with zero attached hydrogens (tertiary/aromatic N) is 1. The molecule has 1 aliphatic heterocycles. The van der Waals surface area contributed by atoms with Gasteiger partial charge in [-0.25, -0.2) is 0 Å². The normalized spacial score (nSPS) is 13.9. The maximum absolute atomic E-state index is 12.2. The van der Waals surface area contributed by atoms with Crippen molar-refractivity contribution in [3.63, 3.8) is 0 Å². The SMILES string of the molecule is COc1ccc(CNC(=O)c2ccc(N3CCCC3)cc2)cc1. The number of nitrogens with one attached hydrogen (secondary N) is 1. The van der Waals surface area contributed by atoms with E-state index in [9.17, 15) is 4.79 Å². The van der Waals surface area contributed by atoms with Crippen molar-refractivity contribution in [2.45, 2.75) is 19.4 Å². The standard InChI is InChI=1S/C19H22N2O2/c1-23-18-10-4-15(5-11-18)14-20-19(22)16-6-8-17(9-7-16)21-12-2-3-13-21/h4-11H,2-3,12-14H2,1H3,(H,20,22). The summed E-state index contributed by atoms with van der Waals surface area (Å²) in [5.74, 6) is 0.770. The number of hydrogen-bond donors (Lipinski definition) is 1. The molecule has 1 N–H and O–H groups in total. The van der Waals surface area contributed by atoms with E-state index in [1.54, 1.807) is 7.11 Å². The molecule has 0 saturated carbocycles. The van der Waals surface area contributed by atoms with E-state index >= 15 is 0 Å². The lowest BCUT2D eigenvalue weighted by molar-refractivity contribution is 0.0951. The van der Waals surface area contributed by atoms with Gasteiger partial charge in [-0.2, -0.15) is 0 Å². The summed E-state index contributed by atoms with van der Waals surface area (Å²) in [6.45, 7) is 2.74. The Bertz CT molecular complexity index is 644. The van der Waals surface area contributed by atoms with Crippen LogP contribution in [-0.4, -0.2) is 26.1 Å². The van der Waals surface area contributed by atoms with Gasteiger partial charge in [0.2, 0.25) is 0 Å². The fourth-order valence-electron chi connectivity index (χ4n) is 2.83. The summed E-state index contributed by atoms with van der Waals surface area (Å²) in [6.07, 6.45) is 2.51. The number of anilines is 1. The highest BCUT2D eigenvalue weighted by Gasteiger charge is 2.13. The predicted molar refractivity (Wildman–Crippen MR) is 92.1 cm³/mol. The van der Waals surface area contributed by atoms with Gasteiger partial charge in [0.15, 0.2) is 0 Å². The molecule has 23 heavy (non-hydrogen) atoms. The summed E-state index contributed by atoms with van der Waals surface area (Å²) < 4.78 is 5.13. The predicted octanol–water partition coefficient (Wildman–Crippen LogP) is 3.23. The zero-order valence-corrected chi connectivity index (χ0v) is 13.4. The van der Waals surface area contributed by atoms with E-state index in [0.717, 1.165) is 24.4 Å². The molecule has 0 aliphatic carbocycles. The summed E-state index contributed by atoms with van der Waals surface area (Å²) in [5.41, 5.74) is 2.95. The number of amides is 1. The zero-order valence-electron chi connectivity index (χ0n) is 13.4. The monoisotopic (exact) mass is 310 g/mol. The van der Waals surface area contributed by atoms with Crippen LogP contribution in [-0.2, 0) is 6.54 Å². The first-order chi connectivity index (χ1) is 11.3. The van der Waals surface area contributed by atoms with Gasteiger partial charge < -0.3 is 15.0 Å². The van der Waals surface area contributed by atoms with Crippen LogP contribution in [0.5, 0.6) is 5.75 Å². The van der Waals surface area contributed by atoms with Crippen molar-refractivity contribution in [2.75, 3.05) is 25.1 Å². The second kappa shape index (κ2) is 7.18. The number of benzene rings is 2. The smallest absolute Gasteiger partial charge is 0.251 e. The molecule has 4 heteroatoms. The summed E-state index contributed by atoms with van der Waals surface area (Å²) in [6, 6.07) is 15.6. The Labute approximate surface area is 137 Å². The Morgan fingerprint density at radius 2 is 1.70 bits per heavy atom. The zero-order chi connectivity index (χ0) is 16.1. The first-order valence-electron chi connectivity index (χ1n) is 8.02. The van der Waals surface area contributed by atoms with E-state index in [2.05, 4.69) is 10.2 Å². The molecule has 2 aromatic carbocycles. The third-order valence-corrected chi connectivity index (χ3v) is 4.21. The minimum Gasteiger partial charge on any atom is -0.497 e. The highest BCUT2D eigenvalue weighted by atomic mass is 16.5. The van der Waals surface area contributed by atoms with E-state index in [-0.39, 0.29) is 5.91 Å². The summed E-state index contributed by atoms with van der Waals surface area (Å²) in [5, 5.41) is 2.95. The molecular formula is C19H22N2O2. The number of carbonyl (C=O) groups excluding carboxylic acids is 1. The van der Waals surface area contributed by atoms with Crippen molar-refractivity contribution in [1.29, 1.82) is 0 Å². The van der Waals surface area contributed by atoms with Crippen LogP contribution in [0.25, 0.3) is 0 Å². The Morgan fingerprint density at radius 3 is 2.30 bits per heavy atom. The van der Waals surface area contributed by atoms with Crippen molar-refractivity contribution in [3.05, 3.63) is 59.7 Å². The quantitative estimate of drug-likeness (QED) is 0.922. The van der Waals surface area contributed by atoms with Gasteiger partial charge in [0.05, 0.1) is 7.11 Å². The van der Waals surface area contributed by atoms with Gasteiger partial charge in [-0.15, -0.1) is 0 Å². The molecule has 1 heterocycles. The minimum absolute atomic E-state index is 0.0474. The van der Waals surface area contributed by atoms with Crippen LogP contribution in [0.4, 0.5) is 5.69 Å². The van der Waals surface area contributed by atoms with Crippen molar-refractivity contribution < 1.29 is 9.53 Å². The lowest BCUT2D eigenvalue weighted by atomic mass is 10.1. The molecule has 1 aliphatic rings. The first kappa shape index (κ1) is 15.4. The number of carbonyl (C=O) groups is 1. The van der Waals surface area contributed by atoms with E-state index in [1.165, 1.54) is 18.5 Å². The van der Waals surface area contributed by atoms with Gasteiger partial charge in [0.25, 0.3) is 5.91 Å². The number of hydrogen-bond acceptors (Lipinski definition) is 3. The average molecular weight is 310 g/mol. The van der Waals surface area contributed by atoms with E-state index in [4.69, 9.17) is 4.74 Å². The topological polar surface area (TPSA) is 41.6 Å². The maximum Gasteiger partial charge on any atom is 0.251 e. The largest absolute Gasteiger partial charge is 0.497 e. The molecule has 120 valence electrons. The van der Waals surface area contributed by atoms with Crippen LogP contribution >= 0.6 is 0 Å². The van der Waals surface area contributed by atoms with Crippen LogP contribution in [0, 0.1) is 0 Å². The van der Waals surface area contributed by atoms with Crippen LogP contribution in [0.2, 0.25) is 0 Å². The van der Waals surface area contributed by atoms with Gasteiger partial charge >= 0.3 is 0 Å². The fraction of sp³-hybridized carbons (Fsp3) is 0.316.